The van der Waals surface area contributed by atoms with Crippen LogP contribution >= 0.6 is 0 Å². The SMILES string of the molecule is CCOC(C)C(OCC)(N(C)C(O)(O)O)N(C)C(O)(O)O. The summed E-state index contributed by atoms with van der Waals surface area (Å²) in [5, 5.41) is 56.5. The van der Waals surface area contributed by atoms with E-state index in [1.807, 2.05) is 0 Å². The van der Waals surface area contributed by atoms with E-state index in [2.05, 4.69) is 0 Å². The predicted molar refractivity (Wildman–Crippen MR) is 69.7 cm³/mol. The van der Waals surface area contributed by atoms with Crippen LogP contribution in [0.3, 0.4) is 0 Å². The second kappa shape index (κ2) is 7.24. The smallest absolute Gasteiger partial charge is 0.349 e. The van der Waals surface area contributed by atoms with Gasteiger partial charge in [-0.25, -0.2) is 0 Å². The summed E-state index contributed by atoms with van der Waals surface area (Å²) in [6.07, 6.45) is -7.78. The van der Waals surface area contributed by atoms with Crippen LogP contribution < -0.4 is 0 Å². The van der Waals surface area contributed by atoms with Gasteiger partial charge in [-0.1, -0.05) is 0 Å². The summed E-state index contributed by atoms with van der Waals surface area (Å²) in [5.41, 5.74) is 0. The first-order chi connectivity index (χ1) is 9.35. The Morgan fingerprint density at radius 1 is 0.857 bits per heavy atom. The maximum Gasteiger partial charge on any atom is 0.349 e. The third-order valence-electron chi connectivity index (χ3n) is 3.16. The average Bonchev–Trinajstić information content (AvgIpc) is 2.32. The molecule has 0 saturated carbocycles. The zero-order valence-electron chi connectivity index (χ0n) is 12.9. The summed E-state index contributed by atoms with van der Waals surface area (Å²) < 4.78 is 10.7. The second-order valence-corrected chi connectivity index (χ2v) is 4.51. The van der Waals surface area contributed by atoms with Gasteiger partial charge in [-0.15, -0.1) is 0 Å². The maximum atomic E-state index is 9.41. The Balaban J connectivity index is 5.99. The summed E-state index contributed by atoms with van der Waals surface area (Å²) >= 11 is 0. The van der Waals surface area contributed by atoms with E-state index in [-0.39, 0.29) is 13.2 Å². The Kier molecular flexibility index (Phi) is 7.10. The quantitative estimate of drug-likeness (QED) is 0.246. The maximum absolute atomic E-state index is 9.41. The van der Waals surface area contributed by atoms with E-state index >= 15 is 0 Å². The molecule has 0 aromatic heterocycles. The second-order valence-electron chi connectivity index (χ2n) is 4.51. The summed E-state index contributed by atoms with van der Waals surface area (Å²) in [7, 11) is 2.07. The van der Waals surface area contributed by atoms with Gasteiger partial charge in [-0.2, -0.15) is 9.80 Å². The van der Waals surface area contributed by atoms with Crippen LogP contribution in [0.4, 0.5) is 0 Å². The van der Waals surface area contributed by atoms with E-state index < -0.39 is 24.1 Å². The molecule has 0 aromatic rings. The van der Waals surface area contributed by atoms with Crippen LogP contribution in [0.2, 0.25) is 0 Å². The van der Waals surface area contributed by atoms with Crippen molar-refractivity contribution < 1.29 is 40.1 Å². The summed E-state index contributed by atoms with van der Waals surface area (Å²) in [6.45, 7) is 4.79. The first-order valence-corrected chi connectivity index (χ1v) is 6.43. The summed E-state index contributed by atoms with van der Waals surface area (Å²) in [4.78, 5) is 0.947. The molecule has 10 heteroatoms. The largest absolute Gasteiger partial charge is 0.373 e. The Morgan fingerprint density at radius 3 is 1.48 bits per heavy atom. The van der Waals surface area contributed by atoms with Crippen LogP contribution in [0.1, 0.15) is 20.8 Å². The molecular formula is C11H26N2O8. The minimum Gasteiger partial charge on any atom is -0.373 e. The fourth-order valence-corrected chi connectivity index (χ4v) is 2.08. The van der Waals surface area contributed by atoms with Crippen molar-refractivity contribution in [1.29, 1.82) is 0 Å². The van der Waals surface area contributed by atoms with Crippen molar-refractivity contribution in [2.45, 2.75) is 44.9 Å². The molecule has 0 aromatic carbocycles. The van der Waals surface area contributed by atoms with Gasteiger partial charge in [0, 0.05) is 13.2 Å². The highest BCUT2D eigenvalue weighted by atomic mass is 16.7. The van der Waals surface area contributed by atoms with Crippen LogP contribution in [0.25, 0.3) is 0 Å². The molecule has 0 aliphatic rings. The highest BCUT2D eigenvalue weighted by Crippen LogP contribution is 2.32. The van der Waals surface area contributed by atoms with Gasteiger partial charge < -0.3 is 40.1 Å². The molecule has 0 aliphatic carbocycles. The minimum atomic E-state index is -3.37. The minimum absolute atomic E-state index is 0.0295. The van der Waals surface area contributed by atoms with Gasteiger partial charge in [-0.3, -0.25) is 0 Å². The molecule has 10 nitrogen and oxygen atoms in total. The van der Waals surface area contributed by atoms with E-state index in [1.54, 1.807) is 13.8 Å². The van der Waals surface area contributed by atoms with Crippen LogP contribution in [0, 0.1) is 0 Å². The van der Waals surface area contributed by atoms with Gasteiger partial charge in [0.2, 0.25) is 5.85 Å². The Hall–Kier alpha value is -0.400. The zero-order chi connectivity index (χ0) is 17.1. The number of likely N-dealkylation sites (N-methyl/N-ethyl adjacent to an activating group) is 2. The standard InChI is InChI=1S/C11H26N2O8/c1-6-20-8(3)9(21-7-2,12(4)10(14,15)16)13(5)11(17,18)19/h8,14-19H,6-7H2,1-5H3. The predicted octanol–water partition coefficient (Wildman–Crippen LogP) is -2.86. The normalized spacial score (nSPS) is 15.9. The number of ether oxygens (including phenoxy) is 2. The van der Waals surface area contributed by atoms with Crippen LogP contribution in [-0.4, -0.2) is 91.9 Å². The highest BCUT2D eigenvalue weighted by molar-refractivity contribution is 4.87. The number of hydrogen-bond donors (Lipinski definition) is 6. The molecule has 21 heavy (non-hydrogen) atoms. The van der Waals surface area contributed by atoms with Crippen molar-refractivity contribution in [3.05, 3.63) is 0 Å². The van der Waals surface area contributed by atoms with Gasteiger partial charge >= 0.3 is 12.2 Å². The van der Waals surface area contributed by atoms with Crippen molar-refractivity contribution in [2.24, 2.45) is 0 Å². The van der Waals surface area contributed by atoms with Crippen LogP contribution in [0.5, 0.6) is 0 Å². The van der Waals surface area contributed by atoms with Gasteiger partial charge in [0.15, 0.2) is 0 Å². The zero-order valence-corrected chi connectivity index (χ0v) is 12.9. The van der Waals surface area contributed by atoms with E-state index in [9.17, 15) is 30.6 Å². The number of aliphatic hydroxyl groups is 6. The third-order valence-corrected chi connectivity index (χ3v) is 3.16. The molecule has 0 bridgehead atoms. The molecule has 0 aliphatic heterocycles. The molecule has 0 rings (SSSR count). The van der Waals surface area contributed by atoms with Crippen LogP contribution in [-0.2, 0) is 9.47 Å². The van der Waals surface area contributed by atoms with E-state index in [1.165, 1.54) is 6.92 Å². The number of hydrogen-bond acceptors (Lipinski definition) is 10. The molecule has 0 fully saturated rings. The topological polar surface area (TPSA) is 146 Å². The molecular weight excluding hydrogens is 288 g/mol. The van der Waals surface area contributed by atoms with Crippen LogP contribution in [0.15, 0.2) is 0 Å². The van der Waals surface area contributed by atoms with Crippen molar-refractivity contribution >= 4 is 0 Å². The number of nitrogens with zero attached hydrogens (tertiary/aromatic N) is 2. The van der Waals surface area contributed by atoms with Crippen molar-refractivity contribution in [1.82, 2.24) is 9.80 Å². The lowest BCUT2D eigenvalue weighted by molar-refractivity contribution is -0.504. The molecule has 128 valence electrons. The average molecular weight is 314 g/mol. The number of rotatable bonds is 9. The first kappa shape index (κ1) is 20.6. The lowest BCUT2D eigenvalue weighted by atomic mass is 10.2. The molecule has 1 unspecified atom stereocenters. The van der Waals surface area contributed by atoms with E-state index in [0.29, 0.717) is 9.80 Å². The van der Waals surface area contributed by atoms with E-state index in [0.717, 1.165) is 14.1 Å². The van der Waals surface area contributed by atoms with E-state index in [4.69, 9.17) is 9.47 Å². The Bertz CT molecular complexity index is 294. The molecule has 1 atom stereocenters. The molecule has 0 amide bonds. The summed E-state index contributed by atoms with van der Waals surface area (Å²) in [5.74, 6) is -2.11. The Morgan fingerprint density at radius 2 is 1.24 bits per heavy atom. The van der Waals surface area contributed by atoms with Gasteiger partial charge in [0.25, 0.3) is 0 Å². The van der Waals surface area contributed by atoms with Gasteiger partial charge in [0.05, 0.1) is 0 Å². The fraction of sp³-hybridized carbons (Fsp3) is 1.00. The van der Waals surface area contributed by atoms with Crippen molar-refractivity contribution in [3.8, 4) is 0 Å². The lowest BCUT2D eigenvalue weighted by Gasteiger charge is -2.53. The fourth-order valence-electron chi connectivity index (χ4n) is 2.08. The molecule has 0 heterocycles. The third kappa shape index (κ3) is 4.53. The lowest BCUT2D eigenvalue weighted by Crippen LogP contribution is -2.76. The highest BCUT2D eigenvalue weighted by Gasteiger charge is 2.57. The summed E-state index contributed by atoms with van der Waals surface area (Å²) in [6, 6.07) is 0. The molecule has 0 spiro atoms. The molecule has 0 saturated heterocycles. The monoisotopic (exact) mass is 314 g/mol. The molecule has 0 radical (unpaired) electrons. The van der Waals surface area contributed by atoms with Gasteiger partial charge in [0.1, 0.15) is 6.10 Å². The van der Waals surface area contributed by atoms with Crippen molar-refractivity contribution in [2.75, 3.05) is 27.3 Å². The molecule has 6 N–H and O–H groups in total. The van der Waals surface area contributed by atoms with Gasteiger partial charge in [-0.05, 0) is 34.9 Å². The van der Waals surface area contributed by atoms with Crippen molar-refractivity contribution in [3.63, 3.8) is 0 Å². The Labute approximate surface area is 123 Å². The first-order valence-electron chi connectivity index (χ1n) is 6.43.